The molecule has 2 heterocycles. The van der Waals surface area contributed by atoms with E-state index in [1.165, 1.54) is 12.5 Å². The summed E-state index contributed by atoms with van der Waals surface area (Å²) in [6.45, 7) is 2.96. The van der Waals surface area contributed by atoms with Gasteiger partial charge < -0.3 is 10.2 Å². The molecule has 1 aliphatic carbocycles. The summed E-state index contributed by atoms with van der Waals surface area (Å²) in [5.74, 6) is 0.593. The van der Waals surface area contributed by atoms with Crippen molar-refractivity contribution >= 4 is 17.3 Å². The lowest BCUT2D eigenvalue weighted by Gasteiger charge is -2.38. The van der Waals surface area contributed by atoms with Gasteiger partial charge in [-0.25, -0.2) is 0 Å². The third-order valence-corrected chi connectivity index (χ3v) is 7.11. The van der Waals surface area contributed by atoms with Crippen molar-refractivity contribution in [1.29, 1.82) is 0 Å². The molecule has 3 aliphatic rings. The topological polar surface area (TPSA) is 75.5 Å². The number of allylic oxidation sites excluding steroid dienone is 2. The van der Waals surface area contributed by atoms with Crippen LogP contribution in [0.1, 0.15) is 66.1 Å². The maximum atomic E-state index is 13.2. The van der Waals surface area contributed by atoms with Crippen molar-refractivity contribution in [2.24, 2.45) is 5.92 Å². The molecule has 0 bridgehead atoms. The number of hydrogen-bond donors (Lipinski definition) is 1. The Labute approximate surface area is 182 Å². The molecule has 2 aliphatic heterocycles. The van der Waals surface area contributed by atoms with Gasteiger partial charge in [-0.15, -0.1) is 0 Å². The maximum absolute atomic E-state index is 13.2. The van der Waals surface area contributed by atoms with E-state index in [0.717, 1.165) is 48.2 Å². The molecule has 0 aromatic heterocycles. The third-order valence-electron chi connectivity index (χ3n) is 7.11. The summed E-state index contributed by atoms with van der Waals surface area (Å²) >= 11 is 0. The first-order valence-corrected chi connectivity index (χ1v) is 11.2. The molecule has 1 N–H and O–H groups in total. The van der Waals surface area contributed by atoms with Gasteiger partial charge in [-0.1, -0.05) is 24.3 Å². The van der Waals surface area contributed by atoms with Crippen molar-refractivity contribution in [2.75, 3.05) is 11.9 Å². The number of fused-ring (bicyclic) bond motifs is 3. The first-order chi connectivity index (χ1) is 15.0. The number of carbonyl (C=O) groups is 1. The first kappa shape index (κ1) is 19.8. The van der Waals surface area contributed by atoms with Crippen molar-refractivity contribution in [1.82, 2.24) is 4.90 Å². The molecule has 0 saturated carbocycles. The van der Waals surface area contributed by atoms with Crippen LogP contribution >= 0.6 is 0 Å². The van der Waals surface area contributed by atoms with E-state index in [2.05, 4.69) is 30.5 Å². The Kier molecular flexibility index (Phi) is 5.00. The van der Waals surface area contributed by atoms with E-state index >= 15 is 0 Å². The number of benzene rings is 2. The van der Waals surface area contributed by atoms with Crippen LogP contribution in [0.4, 0.5) is 11.4 Å². The van der Waals surface area contributed by atoms with Gasteiger partial charge in [0.2, 0.25) is 0 Å². The van der Waals surface area contributed by atoms with Crippen LogP contribution in [0, 0.1) is 16.0 Å². The minimum absolute atomic E-state index is 0.00364. The highest BCUT2D eigenvalue weighted by Gasteiger charge is 2.38. The second-order valence-corrected chi connectivity index (χ2v) is 8.97. The Hall–Kier alpha value is -3.15. The summed E-state index contributed by atoms with van der Waals surface area (Å²) < 4.78 is 0. The standard InChI is InChI=1S/C25H27N3O3/c1-16-6-2-3-13-27(16)25(29)18-11-12-23-22(15-18)20-9-5-10-21(20)24(26-23)17-7-4-8-19(14-17)28(30)31/h4-5,7-9,11-12,14-16,20-21,24,26H,2-3,6,10,13H2,1H3. The minimum Gasteiger partial charge on any atom is -0.378 e. The minimum atomic E-state index is -0.343. The lowest BCUT2D eigenvalue weighted by atomic mass is 9.76. The molecule has 4 atom stereocenters. The number of non-ortho nitro benzene ring substituents is 1. The monoisotopic (exact) mass is 417 g/mol. The average molecular weight is 418 g/mol. The number of nitrogens with one attached hydrogen (secondary N) is 1. The summed E-state index contributed by atoms with van der Waals surface area (Å²) in [6.07, 6.45) is 8.65. The molecule has 31 heavy (non-hydrogen) atoms. The predicted molar refractivity (Wildman–Crippen MR) is 120 cm³/mol. The van der Waals surface area contributed by atoms with Crippen molar-refractivity contribution in [3.05, 3.63) is 81.4 Å². The van der Waals surface area contributed by atoms with E-state index in [9.17, 15) is 14.9 Å². The number of rotatable bonds is 3. The molecule has 1 fully saturated rings. The van der Waals surface area contributed by atoms with Gasteiger partial charge in [0.25, 0.3) is 11.6 Å². The van der Waals surface area contributed by atoms with Gasteiger partial charge in [-0.2, -0.15) is 0 Å². The van der Waals surface area contributed by atoms with Crippen LogP contribution < -0.4 is 5.32 Å². The van der Waals surface area contributed by atoms with Crippen molar-refractivity contribution in [2.45, 2.75) is 50.6 Å². The Morgan fingerprint density at radius 2 is 2.06 bits per heavy atom. The fourth-order valence-electron chi connectivity index (χ4n) is 5.45. The van der Waals surface area contributed by atoms with E-state index in [-0.39, 0.29) is 40.4 Å². The normalized spacial score (nSPS) is 26.7. The van der Waals surface area contributed by atoms with Crippen LogP contribution in [0.25, 0.3) is 0 Å². The number of carbonyl (C=O) groups excluding carboxylic acids is 1. The van der Waals surface area contributed by atoms with E-state index in [1.807, 2.05) is 23.1 Å². The van der Waals surface area contributed by atoms with Crippen LogP contribution in [-0.4, -0.2) is 28.3 Å². The summed E-state index contributed by atoms with van der Waals surface area (Å²) in [5, 5.41) is 14.9. The van der Waals surface area contributed by atoms with Gasteiger partial charge in [-0.3, -0.25) is 14.9 Å². The number of nitrogens with zero attached hydrogens (tertiary/aromatic N) is 2. The molecule has 1 saturated heterocycles. The van der Waals surface area contributed by atoms with Gasteiger partial charge in [0.05, 0.1) is 11.0 Å². The number of nitro groups is 1. The molecule has 4 unspecified atom stereocenters. The predicted octanol–water partition coefficient (Wildman–Crippen LogP) is 5.44. The molecule has 1 amide bonds. The van der Waals surface area contributed by atoms with Gasteiger partial charge in [0.15, 0.2) is 0 Å². The Morgan fingerprint density at radius 1 is 1.19 bits per heavy atom. The van der Waals surface area contributed by atoms with E-state index in [0.29, 0.717) is 0 Å². The Morgan fingerprint density at radius 3 is 2.87 bits per heavy atom. The number of piperidine rings is 1. The summed E-state index contributed by atoms with van der Waals surface area (Å²) in [6, 6.07) is 13.2. The smallest absolute Gasteiger partial charge is 0.269 e. The molecule has 2 aromatic rings. The fourth-order valence-corrected chi connectivity index (χ4v) is 5.45. The van der Waals surface area contributed by atoms with Crippen molar-refractivity contribution in [3.63, 3.8) is 0 Å². The van der Waals surface area contributed by atoms with Crippen molar-refractivity contribution < 1.29 is 9.72 Å². The van der Waals surface area contributed by atoms with Gasteiger partial charge in [0.1, 0.15) is 0 Å². The van der Waals surface area contributed by atoms with Gasteiger partial charge in [-0.05, 0) is 67.9 Å². The first-order valence-electron chi connectivity index (χ1n) is 11.2. The number of nitro benzene ring substituents is 1. The highest BCUT2D eigenvalue weighted by molar-refractivity contribution is 5.95. The molecule has 6 heteroatoms. The zero-order valence-electron chi connectivity index (χ0n) is 17.7. The number of hydrogen-bond acceptors (Lipinski definition) is 4. The van der Waals surface area contributed by atoms with Gasteiger partial charge >= 0.3 is 0 Å². The van der Waals surface area contributed by atoms with E-state index < -0.39 is 0 Å². The van der Waals surface area contributed by atoms with Crippen LogP contribution in [-0.2, 0) is 0 Å². The summed E-state index contributed by atoms with van der Waals surface area (Å²) in [5.41, 5.74) is 3.95. The van der Waals surface area contributed by atoms with E-state index in [4.69, 9.17) is 0 Å². The molecule has 5 rings (SSSR count). The molecule has 160 valence electrons. The molecule has 2 aromatic carbocycles. The Bertz CT molecular complexity index is 1060. The number of amides is 1. The second kappa shape index (κ2) is 7.84. The molecular formula is C25H27N3O3. The maximum Gasteiger partial charge on any atom is 0.269 e. The molecule has 0 spiro atoms. The highest BCUT2D eigenvalue weighted by atomic mass is 16.6. The van der Waals surface area contributed by atoms with Crippen LogP contribution in [0.5, 0.6) is 0 Å². The Balaban J connectivity index is 1.47. The average Bonchev–Trinajstić information content (AvgIpc) is 3.28. The van der Waals surface area contributed by atoms with Crippen LogP contribution in [0.3, 0.4) is 0 Å². The highest BCUT2D eigenvalue weighted by Crippen LogP contribution is 2.50. The third kappa shape index (κ3) is 3.50. The zero-order chi connectivity index (χ0) is 21.5. The quantitative estimate of drug-likeness (QED) is 0.410. The van der Waals surface area contributed by atoms with E-state index in [1.54, 1.807) is 12.1 Å². The molecule has 6 nitrogen and oxygen atoms in total. The SMILES string of the molecule is CC1CCCCN1C(=O)c1ccc2c(c1)C1C=CCC1C(c1cccc([N+](=O)[O-])c1)N2. The second-order valence-electron chi connectivity index (χ2n) is 8.97. The van der Waals surface area contributed by atoms with Gasteiger partial charge in [0, 0.05) is 41.9 Å². The fraction of sp³-hybridized carbons (Fsp3) is 0.400. The summed E-state index contributed by atoms with van der Waals surface area (Å²) in [4.78, 5) is 26.1. The molecular weight excluding hydrogens is 390 g/mol. The lowest BCUT2D eigenvalue weighted by Crippen LogP contribution is -2.42. The largest absolute Gasteiger partial charge is 0.378 e. The van der Waals surface area contributed by atoms with Crippen molar-refractivity contribution in [3.8, 4) is 0 Å². The zero-order valence-corrected chi connectivity index (χ0v) is 17.7. The summed E-state index contributed by atoms with van der Waals surface area (Å²) in [7, 11) is 0. The molecule has 0 radical (unpaired) electrons. The number of anilines is 1. The lowest BCUT2D eigenvalue weighted by molar-refractivity contribution is -0.384. The van der Waals surface area contributed by atoms with Crippen LogP contribution in [0.15, 0.2) is 54.6 Å². The van der Waals surface area contributed by atoms with Crippen LogP contribution in [0.2, 0.25) is 0 Å². The number of likely N-dealkylation sites (tertiary alicyclic amines) is 1.